The normalized spacial score (nSPS) is 15.0. The minimum atomic E-state index is 0. The van der Waals surface area contributed by atoms with E-state index >= 15 is 0 Å². The van der Waals surface area contributed by atoms with Gasteiger partial charge in [-0.3, -0.25) is 9.79 Å². The summed E-state index contributed by atoms with van der Waals surface area (Å²) >= 11 is 0. The van der Waals surface area contributed by atoms with Gasteiger partial charge in [-0.05, 0) is 49.3 Å². The van der Waals surface area contributed by atoms with Gasteiger partial charge in [0.2, 0.25) is 5.91 Å². The van der Waals surface area contributed by atoms with E-state index in [4.69, 9.17) is 4.74 Å². The number of amides is 1. The van der Waals surface area contributed by atoms with Gasteiger partial charge in [0, 0.05) is 40.2 Å². The van der Waals surface area contributed by atoms with Crippen LogP contribution in [0.15, 0.2) is 29.3 Å². The number of nitrogens with zero attached hydrogens (tertiary/aromatic N) is 2. The quantitative estimate of drug-likeness (QED) is 0.326. The number of piperidine rings is 1. The second-order valence-electron chi connectivity index (χ2n) is 7.03. The third kappa shape index (κ3) is 8.24. The summed E-state index contributed by atoms with van der Waals surface area (Å²) in [5.74, 6) is 2.51. The number of carbonyl (C=O) groups is 1. The molecular formula is C21H35IN4O2. The zero-order valence-corrected chi connectivity index (χ0v) is 19.7. The zero-order chi connectivity index (χ0) is 19.5. The highest BCUT2D eigenvalue weighted by Gasteiger charge is 2.22. The molecule has 0 aromatic heterocycles. The Morgan fingerprint density at radius 1 is 1.32 bits per heavy atom. The fourth-order valence-electron chi connectivity index (χ4n) is 3.37. The summed E-state index contributed by atoms with van der Waals surface area (Å²) in [6, 6.07) is 8.30. The average Bonchev–Trinajstić information content (AvgIpc) is 2.70. The van der Waals surface area contributed by atoms with E-state index in [2.05, 4.69) is 39.6 Å². The Morgan fingerprint density at radius 3 is 2.71 bits per heavy atom. The van der Waals surface area contributed by atoms with E-state index in [1.54, 1.807) is 7.05 Å². The van der Waals surface area contributed by atoms with E-state index in [0.717, 1.165) is 63.6 Å². The molecule has 1 aliphatic heterocycles. The topological polar surface area (TPSA) is 66.0 Å². The summed E-state index contributed by atoms with van der Waals surface area (Å²) in [5, 5.41) is 6.19. The number of hydrogen-bond acceptors (Lipinski definition) is 3. The average molecular weight is 502 g/mol. The van der Waals surface area contributed by atoms with Crippen molar-refractivity contribution < 1.29 is 9.53 Å². The number of aliphatic imine (C=N–C) groups is 1. The molecule has 2 N–H and O–H groups in total. The Hall–Kier alpha value is -1.51. The number of likely N-dealkylation sites (tertiary alicyclic amines) is 1. The number of halogens is 1. The van der Waals surface area contributed by atoms with Crippen LogP contribution in [0.3, 0.4) is 0 Å². The summed E-state index contributed by atoms with van der Waals surface area (Å²) in [6.07, 6.45) is 4.64. The summed E-state index contributed by atoms with van der Waals surface area (Å²) in [6.45, 7) is 5.59. The molecule has 6 nitrogen and oxygen atoms in total. The van der Waals surface area contributed by atoms with Crippen LogP contribution in [0, 0.1) is 5.92 Å². The van der Waals surface area contributed by atoms with Gasteiger partial charge in [0.25, 0.3) is 0 Å². The van der Waals surface area contributed by atoms with E-state index in [-0.39, 0.29) is 29.9 Å². The van der Waals surface area contributed by atoms with E-state index in [1.165, 1.54) is 5.56 Å². The van der Waals surface area contributed by atoms with E-state index < -0.39 is 0 Å². The van der Waals surface area contributed by atoms with E-state index in [1.807, 2.05) is 19.2 Å². The van der Waals surface area contributed by atoms with E-state index in [0.29, 0.717) is 12.3 Å². The molecule has 0 spiro atoms. The Balaban J connectivity index is 0.00000392. The molecule has 7 heteroatoms. The van der Waals surface area contributed by atoms with Crippen LogP contribution in [0.2, 0.25) is 0 Å². The summed E-state index contributed by atoms with van der Waals surface area (Å²) in [4.78, 5) is 18.3. The smallest absolute Gasteiger partial charge is 0.220 e. The molecule has 28 heavy (non-hydrogen) atoms. The van der Waals surface area contributed by atoms with Gasteiger partial charge >= 0.3 is 0 Å². The molecule has 1 saturated heterocycles. The first-order valence-electron chi connectivity index (χ1n) is 10.0. The van der Waals surface area contributed by atoms with Gasteiger partial charge in [-0.25, -0.2) is 0 Å². The molecule has 0 aliphatic carbocycles. The summed E-state index contributed by atoms with van der Waals surface area (Å²) < 4.78 is 5.70. The van der Waals surface area contributed by atoms with Gasteiger partial charge in [-0.2, -0.15) is 0 Å². The summed E-state index contributed by atoms with van der Waals surface area (Å²) in [7, 11) is 3.53. The maximum Gasteiger partial charge on any atom is 0.220 e. The Kier molecular flexibility index (Phi) is 11.9. The lowest BCUT2D eigenvalue weighted by molar-refractivity contribution is -0.121. The van der Waals surface area contributed by atoms with Crippen LogP contribution < -0.4 is 15.4 Å². The van der Waals surface area contributed by atoms with Crippen LogP contribution in [0.25, 0.3) is 0 Å². The van der Waals surface area contributed by atoms with Crippen molar-refractivity contribution in [1.82, 2.24) is 15.5 Å². The number of benzene rings is 1. The molecule has 1 fully saturated rings. The fourth-order valence-corrected chi connectivity index (χ4v) is 3.37. The molecule has 0 saturated carbocycles. The lowest BCUT2D eigenvalue weighted by Crippen LogP contribution is -2.46. The van der Waals surface area contributed by atoms with Crippen molar-refractivity contribution in [2.24, 2.45) is 10.9 Å². The van der Waals surface area contributed by atoms with Gasteiger partial charge in [0.05, 0.1) is 6.61 Å². The molecule has 1 aromatic rings. The first-order valence-corrected chi connectivity index (χ1v) is 10.0. The molecule has 1 heterocycles. The molecule has 0 bridgehead atoms. The van der Waals surface area contributed by atoms with Gasteiger partial charge < -0.3 is 20.3 Å². The number of rotatable bonds is 8. The third-order valence-electron chi connectivity index (χ3n) is 4.95. The minimum Gasteiger partial charge on any atom is -0.494 e. The van der Waals surface area contributed by atoms with Crippen LogP contribution in [-0.2, 0) is 11.2 Å². The molecule has 1 amide bonds. The first-order chi connectivity index (χ1) is 13.2. The van der Waals surface area contributed by atoms with Crippen molar-refractivity contribution in [3.8, 4) is 5.75 Å². The van der Waals surface area contributed by atoms with Gasteiger partial charge in [-0.1, -0.05) is 19.1 Å². The van der Waals surface area contributed by atoms with Crippen molar-refractivity contribution in [2.75, 3.05) is 40.3 Å². The maximum absolute atomic E-state index is 11.5. The van der Waals surface area contributed by atoms with Crippen molar-refractivity contribution in [2.45, 2.75) is 39.0 Å². The van der Waals surface area contributed by atoms with Crippen LogP contribution in [0.1, 0.15) is 38.2 Å². The Morgan fingerprint density at radius 2 is 2.07 bits per heavy atom. The van der Waals surface area contributed by atoms with Crippen molar-refractivity contribution in [1.29, 1.82) is 0 Å². The van der Waals surface area contributed by atoms with Crippen LogP contribution in [-0.4, -0.2) is 57.1 Å². The lowest BCUT2D eigenvalue weighted by atomic mass is 9.93. The molecule has 0 atom stereocenters. The van der Waals surface area contributed by atoms with Crippen LogP contribution >= 0.6 is 24.0 Å². The predicted molar refractivity (Wildman–Crippen MR) is 126 cm³/mol. The number of guanidine groups is 1. The zero-order valence-electron chi connectivity index (χ0n) is 17.4. The van der Waals surface area contributed by atoms with Crippen molar-refractivity contribution in [3.63, 3.8) is 0 Å². The molecule has 1 aromatic carbocycles. The number of nitrogens with one attached hydrogen (secondary N) is 2. The van der Waals surface area contributed by atoms with E-state index in [9.17, 15) is 4.79 Å². The number of hydrogen-bond donors (Lipinski definition) is 2. The van der Waals surface area contributed by atoms with Gasteiger partial charge in [0.1, 0.15) is 5.75 Å². The SMILES string of the molecule is CCCOc1cccc(CCNC(=NC)N2CCC(CC(=O)NC)CC2)c1.I. The summed E-state index contributed by atoms with van der Waals surface area (Å²) in [5.41, 5.74) is 1.26. The molecular weight excluding hydrogens is 467 g/mol. The highest BCUT2D eigenvalue weighted by molar-refractivity contribution is 14.0. The van der Waals surface area contributed by atoms with Gasteiger partial charge in [-0.15, -0.1) is 24.0 Å². The maximum atomic E-state index is 11.5. The monoisotopic (exact) mass is 502 g/mol. The highest BCUT2D eigenvalue weighted by atomic mass is 127. The van der Waals surface area contributed by atoms with Gasteiger partial charge in [0.15, 0.2) is 5.96 Å². The number of ether oxygens (including phenoxy) is 1. The second kappa shape index (κ2) is 13.6. The number of carbonyl (C=O) groups excluding carboxylic acids is 1. The molecule has 0 radical (unpaired) electrons. The second-order valence-corrected chi connectivity index (χ2v) is 7.03. The Labute approximate surface area is 186 Å². The van der Waals surface area contributed by atoms with Crippen molar-refractivity contribution in [3.05, 3.63) is 29.8 Å². The van der Waals surface area contributed by atoms with Crippen LogP contribution in [0.5, 0.6) is 5.75 Å². The Bertz CT molecular complexity index is 616. The standard InChI is InChI=1S/C21H34N4O2.HI/c1-4-14-27-19-7-5-6-17(15-19)8-11-24-21(23-3)25-12-9-18(10-13-25)16-20(26)22-2;/h5-7,15,18H,4,8-14,16H2,1-3H3,(H,22,26)(H,23,24);1H. The van der Waals surface area contributed by atoms with Crippen LogP contribution in [0.4, 0.5) is 0 Å². The fraction of sp³-hybridized carbons (Fsp3) is 0.619. The minimum absolute atomic E-state index is 0. The molecule has 158 valence electrons. The first kappa shape index (κ1) is 24.5. The largest absolute Gasteiger partial charge is 0.494 e. The highest BCUT2D eigenvalue weighted by Crippen LogP contribution is 2.20. The molecule has 2 rings (SSSR count). The van der Waals surface area contributed by atoms with Crippen molar-refractivity contribution >= 4 is 35.8 Å². The molecule has 0 unspecified atom stereocenters. The molecule has 1 aliphatic rings. The third-order valence-corrected chi connectivity index (χ3v) is 4.95. The predicted octanol–water partition coefficient (Wildman–Crippen LogP) is 3.06. The lowest BCUT2D eigenvalue weighted by Gasteiger charge is -2.34.